The van der Waals surface area contributed by atoms with Gasteiger partial charge < -0.3 is 5.11 Å². The Kier molecular flexibility index (Phi) is 3.67. The highest BCUT2D eigenvalue weighted by Crippen LogP contribution is 2.41. The third-order valence-corrected chi connectivity index (χ3v) is 3.70. The van der Waals surface area contributed by atoms with Gasteiger partial charge in [0.2, 0.25) is 0 Å². The van der Waals surface area contributed by atoms with Crippen molar-refractivity contribution in [1.29, 1.82) is 0 Å². The minimum absolute atomic E-state index is 0.133. The normalized spacial score (nSPS) is 18.6. The predicted octanol–water partition coefficient (Wildman–Crippen LogP) is 1.73. The van der Waals surface area contributed by atoms with Gasteiger partial charge in [-0.2, -0.15) is 5.10 Å². The zero-order chi connectivity index (χ0) is 14.2. The van der Waals surface area contributed by atoms with Crippen LogP contribution in [0.25, 0.3) is 0 Å². The molecule has 1 aliphatic rings. The van der Waals surface area contributed by atoms with E-state index in [1.807, 2.05) is 38.4 Å². The third kappa shape index (κ3) is 2.81. The van der Waals surface area contributed by atoms with E-state index in [1.165, 1.54) is 0 Å². The first-order valence-electron chi connectivity index (χ1n) is 6.87. The van der Waals surface area contributed by atoms with E-state index in [9.17, 15) is 9.90 Å². The van der Waals surface area contributed by atoms with Crippen molar-refractivity contribution in [3.8, 4) is 0 Å². The second kappa shape index (κ2) is 4.96. The molecule has 1 heterocycles. The summed E-state index contributed by atoms with van der Waals surface area (Å²) in [5, 5.41) is 17.4. The maximum absolute atomic E-state index is 11.9. The summed E-state index contributed by atoms with van der Waals surface area (Å²) in [6.07, 6.45) is 1.95. The highest BCUT2D eigenvalue weighted by Gasteiger charge is 2.52. The summed E-state index contributed by atoms with van der Waals surface area (Å²) in [6.45, 7) is 8.27. The number of aromatic nitrogens is 2. The van der Waals surface area contributed by atoms with Crippen LogP contribution in [0.4, 0.5) is 0 Å². The molecule has 0 amide bonds. The Balaban J connectivity index is 2.31. The van der Waals surface area contributed by atoms with Gasteiger partial charge in [-0.15, -0.1) is 0 Å². The van der Waals surface area contributed by atoms with Gasteiger partial charge in [-0.25, -0.2) is 0 Å². The second-order valence-electron chi connectivity index (χ2n) is 5.93. The molecule has 0 aromatic carbocycles. The monoisotopic (exact) mass is 265 g/mol. The van der Waals surface area contributed by atoms with Gasteiger partial charge in [0.15, 0.2) is 0 Å². The highest BCUT2D eigenvalue weighted by atomic mass is 16.4. The molecular formula is C14H23N3O2. The topological polar surface area (TPSA) is 67.2 Å². The molecule has 19 heavy (non-hydrogen) atoms. The number of carboxylic acids is 1. The van der Waals surface area contributed by atoms with E-state index in [0.29, 0.717) is 6.54 Å². The molecule has 0 saturated heterocycles. The molecule has 1 saturated carbocycles. The van der Waals surface area contributed by atoms with E-state index < -0.39 is 11.5 Å². The Morgan fingerprint density at radius 3 is 2.58 bits per heavy atom. The number of aliphatic carboxylic acids is 1. The lowest BCUT2D eigenvalue weighted by atomic mass is 9.92. The van der Waals surface area contributed by atoms with Crippen LogP contribution in [-0.4, -0.2) is 32.4 Å². The fraction of sp³-hybridized carbons (Fsp3) is 0.714. The summed E-state index contributed by atoms with van der Waals surface area (Å²) >= 11 is 0. The molecule has 0 spiro atoms. The summed E-state index contributed by atoms with van der Waals surface area (Å²) in [7, 11) is 0. The van der Waals surface area contributed by atoms with E-state index >= 15 is 0 Å². The number of nitrogens with zero attached hydrogens (tertiary/aromatic N) is 2. The average molecular weight is 265 g/mol. The molecule has 5 nitrogen and oxygen atoms in total. The fourth-order valence-corrected chi connectivity index (χ4v) is 2.76. The van der Waals surface area contributed by atoms with Gasteiger partial charge in [-0.3, -0.25) is 14.8 Å². The Labute approximate surface area is 114 Å². The summed E-state index contributed by atoms with van der Waals surface area (Å²) < 4.78 is 1.82. The molecule has 1 atom stereocenters. The third-order valence-electron chi connectivity index (χ3n) is 3.70. The number of rotatable bonds is 6. The molecule has 1 aromatic rings. The second-order valence-corrected chi connectivity index (χ2v) is 5.93. The summed E-state index contributed by atoms with van der Waals surface area (Å²) in [6, 6.07) is 2.11. The number of aryl methyl sites for hydroxylation is 2. The average Bonchev–Trinajstić information content (AvgIpc) is 3.05. The van der Waals surface area contributed by atoms with Crippen molar-refractivity contribution in [2.75, 3.05) is 0 Å². The molecule has 106 valence electrons. The molecule has 1 unspecified atom stereocenters. The van der Waals surface area contributed by atoms with Crippen molar-refractivity contribution in [1.82, 2.24) is 15.1 Å². The first-order valence-corrected chi connectivity index (χ1v) is 6.87. The van der Waals surface area contributed by atoms with Gasteiger partial charge in [-0.05, 0) is 52.5 Å². The van der Waals surface area contributed by atoms with Crippen LogP contribution in [0.1, 0.15) is 38.1 Å². The van der Waals surface area contributed by atoms with Crippen LogP contribution in [0.15, 0.2) is 6.07 Å². The Hall–Kier alpha value is -1.36. The number of hydrogen-bond donors (Lipinski definition) is 2. The maximum Gasteiger partial charge on any atom is 0.326 e. The molecule has 2 rings (SSSR count). The van der Waals surface area contributed by atoms with Crippen LogP contribution in [-0.2, 0) is 11.3 Å². The molecule has 0 bridgehead atoms. The minimum atomic E-state index is -0.891. The van der Waals surface area contributed by atoms with Gasteiger partial charge in [-0.1, -0.05) is 0 Å². The van der Waals surface area contributed by atoms with Gasteiger partial charge in [0, 0.05) is 11.7 Å². The molecule has 1 fully saturated rings. The molecule has 1 aromatic heterocycles. The van der Waals surface area contributed by atoms with E-state index in [2.05, 4.69) is 10.4 Å². The largest absolute Gasteiger partial charge is 0.480 e. The zero-order valence-electron chi connectivity index (χ0n) is 12.1. The van der Waals surface area contributed by atoms with E-state index in [4.69, 9.17) is 0 Å². The van der Waals surface area contributed by atoms with Crippen molar-refractivity contribution >= 4 is 5.97 Å². The van der Waals surface area contributed by atoms with Crippen molar-refractivity contribution in [3.63, 3.8) is 0 Å². The zero-order valence-corrected chi connectivity index (χ0v) is 12.1. The highest BCUT2D eigenvalue weighted by molar-refractivity contribution is 5.79. The smallest absolute Gasteiger partial charge is 0.326 e. The van der Waals surface area contributed by atoms with Crippen molar-refractivity contribution < 1.29 is 9.90 Å². The van der Waals surface area contributed by atoms with Crippen molar-refractivity contribution in [3.05, 3.63) is 17.5 Å². The number of hydrogen-bond acceptors (Lipinski definition) is 3. The molecule has 0 aliphatic heterocycles. The first kappa shape index (κ1) is 14.1. The lowest BCUT2D eigenvalue weighted by molar-refractivity contribution is -0.147. The lowest BCUT2D eigenvalue weighted by Gasteiger charge is -2.33. The van der Waals surface area contributed by atoms with Crippen LogP contribution >= 0.6 is 0 Å². The van der Waals surface area contributed by atoms with E-state index in [1.54, 1.807) is 0 Å². The lowest BCUT2D eigenvalue weighted by Crippen LogP contribution is -2.59. The van der Waals surface area contributed by atoms with Crippen molar-refractivity contribution in [2.45, 2.75) is 58.7 Å². The van der Waals surface area contributed by atoms with E-state index in [0.717, 1.165) is 24.2 Å². The number of nitrogens with one attached hydrogen (secondary N) is 1. The number of carbonyl (C=O) groups is 1. The fourth-order valence-electron chi connectivity index (χ4n) is 2.76. The van der Waals surface area contributed by atoms with Crippen molar-refractivity contribution in [2.24, 2.45) is 5.92 Å². The first-order chi connectivity index (χ1) is 8.85. The van der Waals surface area contributed by atoms with Crippen LogP contribution in [0.2, 0.25) is 0 Å². The molecular weight excluding hydrogens is 242 g/mol. The van der Waals surface area contributed by atoms with Gasteiger partial charge in [0.25, 0.3) is 0 Å². The summed E-state index contributed by atoms with van der Waals surface area (Å²) in [5.74, 6) is -0.562. The molecule has 2 N–H and O–H groups in total. The van der Waals surface area contributed by atoms with Crippen LogP contribution in [0.5, 0.6) is 0 Å². The van der Waals surface area contributed by atoms with Crippen LogP contribution in [0.3, 0.4) is 0 Å². The summed E-state index contributed by atoms with van der Waals surface area (Å²) in [5.41, 5.74) is 1.05. The van der Waals surface area contributed by atoms with Gasteiger partial charge >= 0.3 is 5.97 Å². The molecule has 1 aliphatic carbocycles. The minimum Gasteiger partial charge on any atom is -0.480 e. The Morgan fingerprint density at radius 1 is 1.58 bits per heavy atom. The SMILES string of the molecule is Cc1cc(C)n(CC(NC(C)C)(C(=O)O)C2CC2)n1. The maximum atomic E-state index is 11.9. The summed E-state index contributed by atoms with van der Waals surface area (Å²) in [4.78, 5) is 11.9. The quantitative estimate of drug-likeness (QED) is 0.822. The van der Waals surface area contributed by atoms with E-state index in [-0.39, 0.29) is 12.0 Å². The standard InChI is InChI=1S/C14H23N3O2/c1-9(2)15-14(13(18)19,12-5-6-12)8-17-11(4)7-10(3)16-17/h7,9,12,15H,5-6,8H2,1-4H3,(H,18,19). The Morgan fingerprint density at radius 2 is 2.21 bits per heavy atom. The number of carboxylic acid groups (broad SMARTS) is 1. The molecule has 5 heteroatoms. The van der Waals surface area contributed by atoms with Crippen LogP contribution in [0, 0.1) is 19.8 Å². The van der Waals surface area contributed by atoms with Gasteiger partial charge in [0.05, 0.1) is 12.2 Å². The van der Waals surface area contributed by atoms with Crippen LogP contribution < -0.4 is 5.32 Å². The van der Waals surface area contributed by atoms with Gasteiger partial charge in [0.1, 0.15) is 5.54 Å². The predicted molar refractivity (Wildman–Crippen MR) is 73.1 cm³/mol. The Bertz CT molecular complexity index is 477. The molecule has 0 radical (unpaired) electrons.